The fraction of sp³-hybridized carbons (Fsp3) is 0.0476. The van der Waals surface area contributed by atoms with Crippen molar-refractivity contribution in [3.8, 4) is 34.0 Å². The maximum atomic E-state index is 5.43. The lowest BCUT2D eigenvalue weighted by atomic mass is 10.0. The topological polar surface area (TPSA) is 38.9 Å². The van der Waals surface area contributed by atoms with Crippen molar-refractivity contribution < 1.29 is 4.52 Å². The Labute approximate surface area is 140 Å². The lowest BCUT2D eigenvalue weighted by Gasteiger charge is -2.01. The molecule has 0 atom stereocenters. The summed E-state index contributed by atoms with van der Waals surface area (Å²) in [6, 6.07) is 26.5. The second kappa shape index (κ2) is 6.13. The molecule has 0 bridgehead atoms. The Morgan fingerprint density at radius 3 is 2.08 bits per heavy atom. The van der Waals surface area contributed by atoms with Gasteiger partial charge in [0.1, 0.15) is 0 Å². The first-order chi connectivity index (χ1) is 11.8. The summed E-state index contributed by atoms with van der Waals surface area (Å²) in [5.41, 5.74) is 5.41. The summed E-state index contributed by atoms with van der Waals surface area (Å²) in [7, 11) is 0. The maximum Gasteiger partial charge on any atom is 0.258 e. The predicted molar refractivity (Wildman–Crippen MR) is 95.3 cm³/mol. The van der Waals surface area contributed by atoms with Gasteiger partial charge < -0.3 is 4.52 Å². The highest BCUT2D eigenvalue weighted by Gasteiger charge is 2.10. The van der Waals surface area contributed by atoms with Gasteiger partial charge in [-0.1, -0.05) is 71.4 Å². The average Bonchev–Trinajstić information content (AvgIpc) is 3.13. The molecule has 0 N–H and O–H groups in total. The fourth-order valence-corrected chi connectivity index (χ4v) is 2.68. The molecule has 4 rings (SSSR count). The molecule has 3 heteroatoms. The van der Waals surface area contributed by atoms with Crippen LogP contribution in [0.25, 0.3) is 34.0 Å². The second-order valence-electron chi connectivity index (χ2n) is 5.74. The van der Waals surface area contributed by atoms with Crippen molar-refractivity contribution in [2.75, 3.05) is 0 Å². The van der Waals surface area contributed by atoms with Crippen LogP contribution in [0.15, 0.2) is 83.4 Å². The van der Waals surface area contributed by atoms with Crippen LogP contribution in [0.2, 0.25) is 0 Å². The SMILES string of the molecule is Cc1cccc(-c2noc(-c3ccc(-c4ccccc4)cc3)n2)c1. The van der Waals surface area contributed by atoms with E-state index in [0.717, 1.165) is 16.7 Å². The third kappa shape index (κ3) is 2.84. The van der Waals surface area contributed by atoms with E-state index in [4.69, 9.17) is 4.52 Å². The minimum Gasteiger partial charge on any atom is -0.334 e. The molecule has 4 aromatic rings. The van der Waals surface area contributed by atoms with Crippen LogP contribution in [0, 0.1) is 6.92 Å². The largest absolute Gasteiger partial charge is 0.334 e. The van der Waals surface area contributed by atoms with E-state index < -0.39 is 0 Å². The molecule has 0 saturated carbocycles. The molecule has 0 aliphatic heterocycles. The van der Waals surface area contributed by atoms with Crippen molar-refractivity contribution >= 4 is 0 Å². The summed E-state index contributed by atoms with van der Waals surface area (Å²) >= 11 is 0. The predicted octanol–water partition coefficient (Wildman–Crippen LogP) is 5.38. The van der Waals surface area contributed by atoms with Crippen LogP contribution in [-0.2, 0) is 0 Å². The first-order valence-electron chi connectivity index (χ1n) is 7.86. The molecule has 3 aromatic carbocycles. The van der Waals surface area contributed by atoms with E-state index in [0.29, 0.717) is 11.7 Å². The third-order valence-corrected chi connectivity index (χ3v) is 3.94. The molecular weight excluding hydrogens is 296 g/mol. The fourth-order valence-electron chi connectivity index (χ4n) is 2.68. The van der Waals surface area contributed by atoms with Gasteiger partial charge in [-0.3, -0.25) is 0 Å². The van der Waals surface area contributed by atoms with Gasteiger partial charge in [0.25, 0.3) is 5.89 Å². The Kier molecular flexibility index (Phi) is 3.67. The summed E-state index contributed by atoms with van der Waals surface area (Å²) in [4.78, 5) is 4.52. The van der Waals surface area contributed by atoms with Crippen LogP contribution in [0.5, 0.6) is 0 Å². The van der Waals surface area contributed by atoms with Gasteiger partial charge in [-0.2, -0.15) is 4.98 Å². The Balaban J connectivity index is 1.63. The van der Waals surface area contributed by atoms with Crippen LogP contribution in [0.1, 0.15) is 5.56 Å². The third-order valence-electron chi connectivity index (χ3n) is 3.94. The maximum absolute atomic E-state index is 5.43. The van der Waals surface area contributed by atoms with Gasteiger partial charge in [-0.25, -0.2) is 0 Å². The van der Waals surface area contributed by atoms with Gasteiger partial charge in [0.15, 0.2) is 0 Å². The molecule has 3 nitrogen and oxygen atoms in total. The van der Waals surface area contributed by atoms with Gasteiger partial charge in [0.05, 0.1) is 0 Å². The lowest BCUT2D eigenvalue weighted by molar-refractivity contribution is 0.432. The number of rotatable bonds is 3. The van der Waals surface area contributed by atoms with Crippen molar-refractivity contribution in [3.05, 3.63) is 84.4 Å². The molecule has 0 spiro atoms. The molecule has 1 aromatic heterocycles. The van der Waals surface area contributed by atoms with Crippen molar-refractivity contribution in [1.29, 1.82) is 0 Å². The Bertz CT molecular complexity index is 957. The van der Waals surface area contributed by atoms with Gasteiger partial charge in [-0.15, -0.1) is 0 Å². The second-order valence-corrected chi connectivity index (χ2v) is 5.74. The van der Waals surface area contributed by atoms with E-state index in [1.54, 1.807) is 0 Å². The molecule has 0 saturated heterocycles. The van der Waals surface area contributed by atoms with Crippen LogP contribution in [-0.4, -0.2) is 10.1 Å². The molecule has 0 fully saturated rings. The summed E-state index contributed by atoms with van der Waals surface area (Å²) in [6.45, 7) is 2.05. The van der Waals surface area contributed by atoms with Gasteiger partial charge in [0.2, 0.25) is 5.82 Å². The standard InChI is InChI=1S/C21H16N2O/c1-15-6-5-9-19(14-15)20-22-21(24-23-20)18-12-10-17(11-13-18)16-7-3-2-4-8-16/h2-14H,1H3. The first-order valence-corrected chi connectivity index (χ1v) is 7.86. The highest BCUT2D eigenvalue weighted by Crippen LogP contribution is 2.26. The lowest BCUT2D eigenvalue weighted by Crippen LogP contribution is -1.83. The van der Waals surface area contributed by atoms with Gasteiger partial charge in [0, 0.05) is 11.1 Å². The minimum atomic E-state index is 0.533. The van der Waals surface area contributed by atoms with E-state index in [1.807, 2.05) is 61.5 Å². The molecule has 0 unspecified atom stereocenters. The zero-order valence-electron chi connectivity index (χ0n) is 13.3. The summed E-state index contributed by atoms with van der Waals surface area (Å²) in [5.74, 6) is 1.15. The van der Waals surface area contributed by atoms with Crippen molar-refractivity contribution in [2.45, 2.75) is 6.92 Å². The summed E-state index contributed by atoms with van der Waals surface area (Å²) in [5, 5.41) is 4.10. The highest BCUT2D eigenvalue weighted by molar-refractivity contribution is 5.68. The number of aryl methyl sites for hydroxylation is 1. The monoisotopic (exact) mass is 312 g/mol. The van der Waals surface area contributed by atoms with Crippen LogP contribution in [0.3, 0.4) is 0 Å². The number of nitrogens with zero attached hydrogens (tertiary/aromatic N) is 2. The number of hydrogen-bond acceptors (Lipinski definition) is 3. The van der Waals surface area contributed by atoms with E-state index in [2.05, 4.69) is 34.4 Å². The van der Waals surface area contributed by atoms with Crippen molar-refractivity contribution in [2.24, 2.45) is 0 Å². The van der Waals surface area contributed by atoms with Crippen LogP contribution >= 0.6 is 0 Å². The average molecular weight is 312 g/mol. The van der Waals surface area contributed by atoms with Crippen LogP contribution in [0.4, 0.5) is 0 Å². The molecule has 24 heavy (non-hydrogen) atoms. The van der Waals surface area contributed by atoms with E-state index in [-0.39, 0.29) is 0 Å². The zero-order valence-corrected chi connectivity index (χ0v) is 13.3. The summed E-state index contributed by atoms with van der Waals surface area (Å²) in [6.07, 6.45) is 0. The van der Waals surface area contributed by atoms with Crippen molar-refractivity contribution in [3.63, 3.8) is 0 Å². The van der Waals surface area contributed by atoms with Gasteiger partial charge in [-0.05, 0) is 36.2 Å². The highest BCUT2D eigenvalue weighted by atomic mass is 16.5. The number of hydrogen-bond donors (Lipinski definition) is 0. The number of aromatic nitrogens is 2. The molecule has 0 aliphatic carbocycles. The van der Waals surface area contributed by atoms with E-state index in [1.165, 1.54) is 11.1 Å². The molecule has 1 heterocycles. The molecular formula is C21H16N2O. The van der Waals surface area contributed by atoms with E-state index in [9.17, 15) is 0 Å². The smallest absolute Gasteiger partial charge is 0.258 e. The zero-order chi connectivity index (χ0) is 16.4. The summed E-state index contributed by atoms with van der Waals surface area (Å²) < 4.78 is 5.43. The Morgan fingerprint density at radius 2 is 1.33 bits per heavy atom. The van der Waals surface area contributed by atoms with Crippen LogP contribution < -0.4 is 0 Å². The Morgan fingerprint density at radius 1 is 0.667 bits per heavy atom. The Hall–Kier alpha value is -3.20. The van der Waals surface area contributed by atoms with E-state index >= 15 is 0 Å². The van der Waals surface area contributed by atoms with Gasteiger partial charge >= 0.3 is 0 Å². The minimum absolute atomic E-state index is 0.533. The molecule has 0 radical (unpaired) electrons. The number of benzene rings is 3. The molecule has 116 valence electrons. The molecule has 0 amide bonds. The molecule has 0 aliphatic rings. The quantitative estimate of drug-likeness (QED) is 0.510. The van der Waals surface area contributed by atoms with Crippen molar-refractivity contribution in [1.82, 2.24) is 10.1 Å². The first kappa shape index (κ1) is 14.4. The normalized spacial score (nSPS) is 10.7.